The Kier molecular flexibility index (Phi) is 6.46. The average molecular weight is 499 g/mol. The fourth-order valence-electron chi connectivity index (χ4n) is 3.09. The van der Waals surface area contributed by atoms with Crippen LogP contribution < -0.4 is 9.62 Å². The molecule has 0 aliphatic carbocycles. The lowest BCUT2D eigenvalue weighted by molar-refractivity contribution is 0.102. The maximum atomic E-state index is 13.1. The molecule has 0 atom stereocenters. The van der Waals surface area contributed by atoms with Crippen molar-refractivity contribution in [3.05, 3.63) is 88.9 Å². The number of anilines is 2. The van der Waals surface area contributed by atoms with Gasteiger partial charge in [-0.15, -0.1) is 10.2 Å². The molecule has 1 N–H and O–H groups in total. The Morgan fingerprint density at radius 3 is 2.33 bits per heavy atom. The van der Waals surface area contributed by atoms with Crippen molar-refractivity contribution in [1.82, 2.24) is 10.2 Å². The largest absolute Gasteiger partial charge is 0.296 e. The zero-order chi connectivity index (χ0) is 23.6. The quantitative estimate of drug-likeness (QED) is 0.392. The number of nitrogens with one attached hydrogen (secondary N) is 1. The van der Waals surface area contributed by atoms with Gasteiger partial charge in [-0.1, -0.05) is 64.9 Å². The van der Waals surface area contributed by atoms with E-state index < -0.39 is 15.9 Å². The molecule has 0 saturated heterocycles. The first-order valence-corrected chi connectivity index (χ1v) is 12.4. The molecule has 0 spiro atoms. The van der Waals surface area contributed by atoms with E-state index in [4.69, 9.17) is 11.6 Å². The molecule has 4 aromatic rings. The number of carbonyl (C=O) groups excluding carboxylic acids is 1. The number of benzene rings is 3. The van der Waals surface area contributed by atoms with Crippen LogP contribution in [0, 0.1) is 6.92 Å². The molecule has 0 aliphatic rings. The number of nitrogens with zero attached hydrogens (tertiary/aromatic N) is 3. The summed E-state index contributed by atoms with van der Waals surface area (Å²) in [5.41, 5.74) is 2.21. The minimum Gasteiger partial charge on any atom is -0.296 e. The van der Waals surface area contributed by atoms with Gasteiger partial charge in [0.1, 0.15) is 5.01 Å². The monoisotopic (exact) mass is 498 g/mol. The van der Waals surface area contributed by atoms with Crippen LogP contribution >= 0.6 is 22.9 Å². The molecule has 33 heavy (non-hydrogen) atoms. The van der Waals surface area contributed by atoms with Crippen molar-refractivity contribution in [2.45, 2.75) is 11.8 Å². The van der Waals surface area contributed by atoms with E-state index in [2.05, 4.69) is 15.5 Å². The number of rotatable bonds is 6. The van der Waals surface area contributed by atoms with Crippen LogP contribution in [0.1, 0.15) is 15.9 Å². The van der Waals surface area contributed by atoms with Crippen molar-refractivity contribution < 1.29 is 13.2 Å². The van der Waals surface area contributed by atoms with Gasteiger partial charge in [0.2, 0.25) is 5.13 Å². The topological polar surface area (TPSA) is 92.3 Å². The van der Waals surface area contributed by atoms with Gasteiger partial charge in [0, 0.05) is 17.6 Å². The van der Waals surface area contributed by atoms with Gasteiger partial charge in [-0.25, -0.2) is 8.42 Å². The summed E-state index contributed by atoms with van der Waals surface area (Å²) in [7, 11) is -2.43. The lowest BCUT2D eigenvalue weighted by atomic mass is 10.1. The molecule has 0 bridgehead atoms. The fourth-order valence-corrected chi connectivity index (χ4v) is 5.17. The second-order valence-electron chi connectivity index (χ2n) is 7.18. The van der Waals surface area contributed by atoms with Crippen LogP contribution in [-0.4, -0.2) is 31.6 Å². The molecule has 0 unspecified atom stereocenters. The second kappa shape index (κ2) is 9.30. The smallest absolute Gasteiger partial charge is 0.264 e. The number of para-hydroxylation sites is 1. The molecule has 0 radical (unpaired) electrons. The summed E-state index contributed by atoms with van der Waals surface area (Å²) < 4.78 is 27.4. The van der Waals surface area contributed by atoms with Crippen LogP contribution in [0.2, 0.25) is 5.02 Å². The Labute approximate surface area is 200 Å². The number of aromatic nitrogens is 2. The summed E-state index contributed by atoms with van der Waals surface area (Å²) in [6, 6.07) is 20.2. The van der Waals surface area contributed by atoms with E-state index in [9.17, 15) is 13.2 Å². The fraction of sp³-hybridized carbons (Fsp3) is 0.0870. The minimum atomic E-state index is -3.86. The number of hydrogen-bond acceptors (Lipinski definition) is 6. The number of halogens is 1. The highest BCUT2D eigenvalue weighted by Crippen LogP contribution is 2.29. The van der Waals surface area contributed by atoms with Crippen LogP contribution in [-0.2, 0) is 10.0 Å². The zero-order valence-corrected chi connectivity index (χ0v) is 20.1. The van der Waals surface area contributed by atoms with Crippen molar-refractivity contribution in [2.75, 3.05) is 16.7 Å². The van der Waals surface area contributed by atoms with Crippen molar-refractivity contribution in [3.63, 3.8) is 0 Å². The third-order valence-electron chi connectivity index (χ3n) is 4.90. The van der Waals surface area contributed by atoms with Crippen molar-refractivity contribution in [1.29, 1.82) is 0 Å². The number of amides is 1. The molecule has 10 heteroatoms. The van der Waals surface area contributed by atoms with E-state index in [1.165, 1.54) is 18.4 Å². The zero-order valence-electron chi connectivity index (χ0n) is 17.7. The summed E-state index contributed by atoms with van der Waals surface area (Å²) in [5.74, 6) is -0.490. The maximum Gasteiger partial charge on any atom is 0.264 e. The molecule has 3 aromatic carbocycles. The Morgan fingerprint density at radius 2 is 1.64 bits per heavy atom. The lowest BCUT2D eigenvalue weighted by Crippen LogP contribution is -2.29. The Bertz CT molecular complexity index is 1400. The van der Waals surface area contributed by atoms with Gasteiger partial charge < -0.3 is 0 Å². The number of carbonyl (C=O) groups is 1. The van der Waals surface area contributed by atoms with E-state index >= 15 is 0 Å². The molecule has 1 aromatic heterocycles. The number of hydrogen-bond donors (Lipinski definition) is 1. The van der Waals surface area contributed by atoms with Crippen LogP contribution in [0.15, 0.2) is 77.7 Å². The molecule has 0 saturated carbocycles. The van der Waals surface area contributed by atoms with Crippen LogP contribution in [0.5, 0.6) is 0 Å². The first-order chi connectivity index (χ1) is 15.8. The van der Waals surface area contributed by atoms with E-state index in [1.807, 2.05) is 19.1 Å². The summed E-state index contributed by atoms with van der Waals surface area (Å²) >= 11 is 7.13. The molecule has 0 fully saturated rings. The molecule has 4 rings (SSSR count). The predicted octanol–water partition coefficient (Wildman–Crippen LogP) is 5.24. The highest BCUT2D eigenvalue weighted by Gasteiger charge is 2.25. The van der Waals surface area contributed by atoms with E-state index in [1.54, 1.807) is 60.7 Å². The van der Waals surface area contributed by atoms with E-state index in [0.717, 1.165) is 15.4 Å². The standard InChI is InChI=1S/C23H19ClN4O3S2/c1-15-7-13-18(14-8-15)33(30,31)28(2)20-6-4-3-5-19(20)21(29)25-23-27-26-22(32-23)16-9-11-17(24)12-10-16/h3-14H,1-2H3,(H,25,27,29). The predicted molar refractivity (Wildman–Crippen MR) is 132 cm³/mol. The lowest BCUT2D eigenvalue weighted by Gasteiger charge is -2.22. The van der Waals surface area contributed by atoms with Gasteiger partial charge in [0.15, 0.2) is 0 Å². The van der Waals surface area contributed by atoms with Crippen molar-refractivity contribution in [3.8, 4) is 10.6 Å². The van der Waals surface area contributed by atoms with E-state index in [0.29, 0.717) is 15.2 Å². The van der Waals surface area contributed by atoms with Gasteiger partial charge in [-0.3, -0.25) is 14.4 Å². The second-order valence-corrected chi connectivity index (χ2v) is 10.6. The number of aryl methyl sites for hydroxylation is 1. The molecule has 1 amide bonds. The minimum absolute atomic E-state index is 0.141. The van der Waals surface area contributed by atoms with Gasteiger partial charge in [0.25, 0.3) is 15.9 Å². The third-order valence-corrected chi connectivity index (χ3v) is 7.83. The molecule has 0 aliphatic heterocycles. The van der Waals surface area contributed by atoms with Crippen LogP contribution in [0.3, 0.4) is 0 Å². The van der Waals surface area contributed by atoms with Crippen LogP contribution in [0.4, 0.5) is 10.8 Å². The summed E-state index contributed by atoms with van der Waals surface area (Å²) in [4.78, 5) is 13.2. The highest BCUT2D eigenvalue weighted by molar-refractivity contribution is 7.92. The molecular formula is C23H19ClN4O3S2. The average Bonchev–Trinajstić information content (AvgIpc) is 3.27. The van der Waals surface area contributed by atoms with Gasteiger partial charge >= 0.3 is 0 Å². The summed E-state index contributed by atoms with van der Waals surface area (Å²) in [6.45, 7) is 1.88. The Balaban J connectivity index is 1.59. The first kappa shape index (κ1) is 22.9. The van der Waals surface area contributed by atoms with Gasteiger partial charge in [0.05, 0.1) is 16.1 Å². The van der Waals surface area contributed by atoms with Crippen LogP contribution in [0.25, 0.3) is 10.6 Å². The molecule has 1 heterocycles. The Morgan fingerprint density at radius 1 is 0.970 bits per heavy atom. The van der Waals surface area contributed by atoms with Crippen molar-refractivity contribution in [2.24, 2.45) is 0 Å². The van der Waals surface area contributed by atoms with E-state index in [-0.39, 0.29) is 16.1 Å². The molecule has 168 valence electrons. The molecular weight excluding hydrogens is 480 g/mol. The normalized spacial score (nSPS) is 11.2. The summed E-state index contributed by atoms with van der Waals surface area (Å²) in [5, 5.41) is 12.4. The maximum absolute atomic E-state index is 13.1. The van der Waals surface area contributed by atoms with Gasteiger partial charge in [-0.05, 0) is 43.3 Å². The van der Waals surface area contributed by atoms with Crippen molar-refractivity contribution >= 4 is 49.7 Å². The third kappa shape index (κ3) is 4.90. The number of sulfonamides is 1. The Hall–Kier alpha value is -3.27. The SMILES string of the molecule is Cc1ccc(S(=O)(=O)N(C)c2ccccc2C(=O)Nc2nnc(-c3ccc(Cl)cc3)s2)cc1. The first-order valence-electron chi connectivity index (χ1n) is 9.81. The molecule has 7 nitrogen and oxygen atoms in total. The van der Waals surface area contributed by atoms with Gasteiger partial charge in [-0.2, -0.15) is 0 Å². The summed E-state index contributed by atoms with van der Waals surface area (Å²) in [6.07, 6.45) is 0. The highest BCUT2D eigenvalue weighted by atomic mass is 35.5.